The molecular formula is C15H15BrN2O. The summed E-state index contributed by atoms with van der Waals surface area (Å²) < 4.78 is 0.807. The maximum atomic E-state index is 12.1. The number of rotatable bonds is 3. The molecule has 0 radical (unpaired) electrons. The molecular weight excluding hydrogens is 304 g/mol. The molecule has 19 heavy (non-hydrogen) atoms. The molecule has 4 heteroatoms. The highest BCUT2D eigenvalue weighted by Gasteiger charge is 2.10. The molecule has 0 aliphatic carbocycles. The van der Waals surface area contributed by atoms with E-state index in [1.807, 2.05) is 38.1 Å². The monoisotopic (exact) mass is 318 g/mol. The number of pyridine rings is 1. The number of aryl methyl sites for hydroxylation is 2. The van der Waals surface area contributed by atoms with E-state index in [0.717, 1.165) is 21.2 Å². The molecule has 0 bridgehead atoms. The van der Waals surface area contributed by atoms with Crippen molar-refractivity contribution in [2.45, 2.75) is 20.4 Å². The molecule has 0 atom stereocenters. The van der Waals surface area contributed by atoms with Gasteiger partial charge in [0.05, 0.1) is 5.56 Å². The van der Waals surface area contributed by atoms with Crippen LogP contribution in [0.25, 0.3) is 0 Å². The van der Waals surface area contributed by atoms with E-state index in [0.29, 0.717) is 12.1 Å². The molecule has 1 aromatic carbocycles. The van der Waals surface area contributed by atoms with E-state index in [1.165, 1.54) is 0 Å². The van der Waals surface area contributed by atoms with Crippen molar-refractivity contribution >= 4 is 21.8 Å². The van der Waals surface area contributed by atoms with E-state index < -0.39 is 0 Å². The SMILES string of the molecule is Cc1ccc(Br)c(C(=O)NCc2ccncc2C)c1. The van der Waals surface area contributed by atoms with Crippen LogP contribution in [0.15, 0.2) is 41.1 Å². The molecule has 1 N–H and O–H groups in total. The van der Waals surface area contributed by atoms with Gasteiger partial charge in [0, 0.05) is 23.4 Å². The van der Waals surface area contributed by atoms with Crippen LogP contribution in [0, 0.1) is 13.8 Å². The Kier molecular flexibility index (Phi) is 4.32. The lowest BCUT2D eigenvalue weighted by Gasteiger charge is -2.09. The van der Waals surface area contributed by atoms with Crippen LogP contribution in [0.4, 0.5) is 0 Å². The van der Waals surface area contributed by atoms with Crippen LogP contribution in [0.2, 0.25) is 0 Å². The van der Waals surface area contributed by atoms with Gasteiger partial charge in [-0.25, -0.2) is 0 Å². The molecule has 0 aliphatic rings. The second-order valence-corrected chi connectivity index (χ2v) is 5.32. The van der Waals surface area contributed by atoms with Gasteiger partial charge in [-0.3, -0.25) is 9.78 Å². The summed E-state index contributed by atoms with van der Waals surface area (Å²) in [6.45, 7) is 4.46. The Balaban J connectivity index is 2.10. The van der Waals surface area contributed by atoms with Gasteiger partial charge in [0.15, 0.2) is 0 Å². The number of benzene rings is 1. The van der Waals surface area contributed by atoms with Gasteiger partial charge in [-0.15, -0.1) is 0 Å². The number of aromatic nitrogens is 1. The first-order valence-electron chi connectivity index (χ1n) is 6.02. The zero-order chi connectivity index (χ0) is 13.8. The fraction of sp³-hybridized carbons (Fsp3) is 0.200. The Hall–Kier alpha value is -1.68. The van der Waals surface area contributed by atoms with Gasteiger partial charge in [0.2, 0.25) is 0 Å². The van der Waals surface area contributed by atoms with Crippen LogP contribution >= 0.6 is 15.9 Å². The van der Waals surface area contributed by atoms with Gasteiger partial charge in [0.1, 0.15) is 0 Å². The molecule has 2 rings (SSSR count). The number of hydrogen-bond donors (Lipinski definition) is 1. The third kappa shape index (κ3) is 3.41. The first-order chi connectivity index (χ1) is 9.08. The van der Waals surface area contributed by atoms with Gasteiger partial charge in [0.25, 0.3) is 5.91 Å². The van der Waals surface area contributed by atoms with Crippen LogP contribution in [0.3, 0.4) is 0 Å². The van der Waals surface area contributed by atoms with E-state index >= 15 is 0 Å². The third-order valence-electron chi connectivity index (χ3n) is 2.94. The molecule has 2 aromatic rings. The molecule has 0 saturated heterocycles. The number of hydrogen-bond acceptors (Lipinski definition) is 2. The van der Waals surface area contributed by atoms with Crippen molar-refractivity contribution in [3.63, 3.8) is 0 Å². The van der Waals surface area contributed by atoms with Gasteiger partial charge < -0.3 is 5.32 Å². The first-order valence-corrected chi connectivity index (χ1v) is 6.81. The van der Waals surface area contributed by atoms with Crippen LogP contribution in [-0.2, 0) is 6.54 Å². The fourth-order valence-corrected chi connectivity index (χ4v) is 2.21. The highest BCUT2D eigenvalue weighted by Crippen LogP contribution is 2.18. The Labute approximate surface area is 121 Å². The van der Waals surface area contributed by atoms with Crippen molar-refractivity contribution in [2.75, 3.05) is 0 Å². The Morgan fingerprint density at radius 3 is 2.84 bits per heavy atom. The second-order valence-electron chi connectivity index (χ2n) is 4.47. The van der Waals surface area contributed by atoms with Gasteiger partial charge >= 0.3 is 0 Å². The number of nitrogens with one attached hydrogen (secondary N) is 1. The summed E-state index contributed by atoms with van der Waals surface area (Å²) in [5.74, 6) is -0.0770. The predicted molar refractivity (Wildman–Crippen MR) is 79.0 cm³/mol. The standard InChI is InChI=1S/C15H15BrN2O/c1-10-3-4-14(16)13(7-10)15(19)18-9-12-5-6-17-8-11(12)2/h3-8H,9H2,1-2H3,(H,18,19). The zero-order valence-electron chi connectivity index (χ0n) is 10.9. The number of amides is 1. The van der Waals surface area contributed by atoms with Crippen molar-refractivity contribution < 1.29 is 4.79 Å². The molecule has 1 heterocycles. The minimum absolute atomic E-state index is 0.0770. The second kappa shape index (κ2) is 5.97. The van der Waals surface area contributed by atoms with Crippen molar-refractivity contribution in [3.05, 3.63) is 63.4 Å². The Morgan fingerprint density at radius 1 is 1.32 bits per heavy atom. The molecule has 0 unspecified atom stereocenters. The summed E-state index contributed by atoms with van der Waals surface area (Å²) in [4.78, 5) is 16.2. The molecule has 0 saturated carbocycles. The van der Waals surface area contributed by atoms with Crippen molar-refractivity contribution in [1.82, 2.24) is 10.3 Å². The Morgan fingerprint density at radius 2 is 2.11 bits per heavy atom. The lowest BCUT2D eigenvalue weighted by molar-refractivity contribution is 0.0950. The smallest absolute Gasteiger partial charge is 0.252 e. The first kappa shape index (κ1) is 13.7. The van der Waals surface area contributed by atoms with E-state index in [9.17, 15) is 4.79 Å². The number of nitrogens with zero attached hydrogens (tertiary/aromatic N) is 1. The van der Waals surface area contributed by atoms with Crippen LogP contribution in [0.5, 0.6) is 0 Å². The average molecular weight is 319 g/mol. The Bertz CT molecular complexity index is 611. The van der Waals surface area contributed by atoms with Gasteiger partial charge in [-0.2, -0.15) is 0 Å². The summed E-state index contributed by atoms with van der Waals surface area (Å²) in [5, 5.41) is 2.93. The number of halogens is 1. The normalized spacial score (nSPS) is 10.3. The fourth-order valence-electron chi connectivity index (χ4n) is 1.78. The molecule has 0 spiro atoms. The van der Waals surface area contributed by atoms with E-state index in [2.05, 4.69) is 26.2 Å². The van der Waals surface area contributed by atoms with Crippen molar-refractivity contribution in [2.24, 2.45) is 0 Å². The summed E-state index contributed by atoms with van der Waals surface area (Å²) in [7, 11) is 0. The van der Waals surface area contributed by atoms with E-state index in [1.54, 1.807) is 12.4 Å². The largest absolute Gasteiger partial charge is 0.348 e. The highest BCUT2D eigenvalue weighted by molar-refractivity contribution is 9.10. The maximum Gasteiger partial charge on any atom is 0.252 e. The molecule has 0 aliphatic heterocycles. The predicted octanol–water partition coefficient (Wildman–Crippen LogP) is 3.39. The topological polar surface area (TPSA) is 42.0 Å². The van der Waals surface area contributed by atoms with Gasteiger partial charge in [-0.05, 0) is 59.1 Å². The summed E-state index contributed by atoms with van der Waals surface area (Å²) >= 11 is 3.40. The summed E-state index contributed by atoms with van der Waals surface area (Å²) in [6, 6.07) is 7.65. The lowest BCUT2D eigenvalue weighted by Crippen LogP contribution is -2.23. The van der Waals surface area contributed by atoms with Crippen LogP contribution in [0.1, 0.15) is 27.0 Å². The van der Waals surface area contributed by atoms with Gasteiger partial charge in [-0.1, -0.05) is 11.6 Å². The molecule has 0 fully saturated rings. The number of carbonyl (C=O) groups is 1. The molecule has 98 valence electrons. The molecule has 1 amide bonds. The van der Waals surface area contributed by atoms with E-state index in [-0.39, 0.29) is 5.91 Å². The van der Waals surface area contributed by atoms with E-state index in [4.69, 9.17) is 0 Å². The van der Waals surface area contributed by atoms with Crippen molar-refractivity contribution in [1.29, 1.82) is 0 Å². The minimum atomic E-state index is -0.0770. The van der Waals surface area contributed by atoms with Crippen LogP contribution in [-0.4, -0.2) is 10.9 Å². The van der Waals surface area contributed by atoms with Crippen LogP contribution < -0.4 is 5.32 Å². The average Bonchev–Trinajstić information content (AvgIpc) is 2.40. The summed E-state index contributed by atoms with van der Waals surface area (Å²) in [6.07, 6.45) is 3.53. The highest BCUT2D eigenvalue weighted by atomic mass is 79.9. The number of carbonyl (C=O) groups excluding carboxylic acids is 1. The maximum absolute atomic E-state index is 12.1. The third-order valence-corrected chi connectivity index (χ3v) is 3.63. The quantitative estimate of drug-likeness (QED) is 0.942. The summed E-state index contributed by atoms with van der Waals surface area (Å²) in [5.41, 5.74) is 3.87. The minimum Gasteiger partial charge on any atom is -0.348 e. The molecule has 1 aromatic heterocycles. The zero-order valence-corrected chi connectivity index (χ0v) is 12.5. The molecule has 3 nitrogen and oxygen atoms in total. The lowest BCUT2D eigenvalue weighted by atomic mass is 10.1. The van der Waals surface area contributed by atoms with Crippen molar-refractivity contribution in [3.8, 4) is 0 Å².